The predicted octanol–water partition coefficient (Wildman–Crippen LogP) is 3.59. The molecule has 0 aromatic carbocycles. The molecular formula is C13H27N. The van der Waals surface area contributed by atoms with Crippen LogP contribution >= 0.6 is 0 Å². The molecular weight excluding hydrogens is 170 g/mol. The SMILES string of the molecule is CCCC1(CCC)CC1CNC(C)C. The van der Waals surface area contributed by atoms with Gasteiger partial charge < -0.3 is 5.32 Å². The van der Waals surface area contributed by atoms with Crippen LogP contribution in [0.1, 0.15) is 59.8 Å². The van der Waals surface area contributed by atoms with Crippen LogP contribution in [-0.2, 0) is 0 Å². The molecule has 1 heteroatoms. The molecule has 0 spiro atoms. The second-order valence-electron chi connectivity index (χ2n) is 5.33. The third-order valence-electron chi connectivity index (χ3n) is 3.63. The van der Waals surface area contributed by atoms with Crippen LogP contribution in [-0.4, -0.2) is 12.6 Å². The second kappa shape index (κ2) is 5.16. The molecule has 0 aromatic heterocycles. The van der Waals surface area contributed by atoms with Crippen LogP contribution in [0.4, 0.5) is 0 Å². The topological polar surface area (TPSA) is 12.0 Å². The van der Waals surface area contributed by atoms with Gasteiger partial charge in [-0.05, 0) is 37.1 Å². The van der Waals surface area contributed by atoms with Gasteiger partial charge in [0, 0.05) is 6.04 Å². The van der Waals surface area contributed by atoms with Crippen molar-refractivity contribution in [3.63, 3.8) is 0 Å². The molecule has 0 radical (unpaired) electrons. The molecule has 0 bridgehead atoms. The molecule has 0 aromatic rings. The molecule has 1 aliphatic rings. The Hall–Kier alpha value is -0.0400. The van der Waals surface area contributed by atoms with Gasteiger partial charge in [-0.15, -0.1) is 0 Å². The average Bonchev–Trinajstić information content (AvgIpc) is 2.77. The van der Waals surface area contributed by atoms with Crippen molar-refractivity contribution in [1.82, 2.24) is 5.32 Å². The van der Waals surface area contributed by atoms with Crippen molar-refractivity contribution >= 4 is 0 Å². The van der Waals surface area contributed by atoms with Gasteiger partial charge in [0.25, 0.3) is 0 Å². The molecule has 1 atom stereocenters. The molecule has 0 saturated heterocycles. The van der Waals surface area contributed by atoms with Gasteiger partial charge in [-0.2, -0.15) is 0 Å². The molecule has 1 unspecified atom stereocenters. The first-order chi connectivity index (χ1) is 6.64. The zero-order chi connectivity index (χ0) is 10.6. The summed E-state index contributed by atoms with van der Waals surface area (Å²) in [4.78, 5) is 0. The highest BCUT2D eigenvalue weighted by Gasteiger charge is 2.51. The smallest absolute Gasteiger partial charge is 0.00104 e. The van der Waals surface area contributed by atoms with Crippen molar-refractivity contribution in [2.75, 3.05) is 6.54 Å². The van der Waals surface area contributed by atoms with E-state index in [1.54, 1.807) is 0 Å². The van der Waals surface area contributed by atoms with Crippen molar-refractivity contribution in [3.05, 3.63) is 0 Å². The van der Waals surface area contributed by atoms with Crippen LogP contribution in [0.2, 0.25) is 0 Å². The molecule has 1 fully saturated rings. The van der Waals surface area contributed by atoms with Gasteiger partial charge in [0.1, 0.15) is 0 Å². The van der Waals surface area contributed by atoms with Gasteiger partial charge in [-0.1, -0.05) is 40.5 Å². The van der Waals surface area contributed by atoms with Gasteiger partial charge in [0.05, 0.1) is 0 Å². The summed E-state index contributed by atoms with van der Waals surface area (Å²) >= 11 is 0. The fourth-order valence-electron chi connectivity index (χ4n) is 2.83. The number of hydrogen-bond acceptors (Lipinski definition) is 1. The van der Waals surface area contributed by atoms with Crippen LogP contribution in [0, 0.1) is 11.3 Å². The third-order valence-corrected chi connectivity index (χ3v) is 3.63. The summed E-state index contributed by atoms with van der Waals surface area (Å²) in [5.41, 5.74) is 0.741. The Morgan fingerprint density at radius 1 is 1.21 bits per heavy atom. The first-order valence-electron chi connectivity index (χ1n) is 6.38. The fourth-order valence-corrected chi connectivity index (χ4v) is 2.83. The zero-order valence-electron chi connectivity index (χ0n) is 10.4. The summed E-state index contributed by atoms with van der Waals surface area (Å²) in [6, 6.07) is 0.650. The fraction of sp³-hybridized carbons (Fsp3) is 1.00. The molecule has 14 heavy (non-hydrogen) atoms. The Kier molecular flexibility index (Phi) is 4.43. The Morgan fingerprint density at radius 3 is 2.21 bits per heavy atom. The molecule has 0 amide bonds. The van der Waals surface area contributed by atoms with E-state index in [9.17, 15) is 0 Å². The van der Waals surface area contributed by atoms with Crippen molar-refractivity contribution in [2.45, 2.75) is 65.8 Å². The molecule has 1 N–H and O–H groups in total. The lowest BCUT2D eigenvalue weighted by atomic mass is 9.92. The van der Waals surface area contributed by atoms with E-state index >= 15 is 0 Å². The zero-order valence-corrected chi connectivity index (χ0v) is 10.4. The van der Waals surface area contributed by atoms with Crippen molar-refractivity contribution < 1.29 is 0 Å². The summed E-state index contributed by atoms with van der Waals surface area (Å²) in [7, 11) is 0. The summed E-state index contributed by atoms with van der Waals surface area (Å²) in [5, 5.41) is 3.58. The number of hydrogen-bond donors (Lipinski definition) is 1. The van der Waals surface area contributed by atoms with Crippen molar-refractivity contribution in [2.24, 2.45) is 11.3 Å². The highest BCUT2D eigenvalue weighted by Crippen LogP contribution is 2.58. The Morgan fingerprint density at radius 2 is 1.79 bits per heavy atom. The van der Waals surface area contributed by atoms with Crippen LogP contribution in [0.5, 0.6) is 0 Å². The predicted molar refractivity (Wildman–Crippen MR) is 63.5 cm³/mol. The second-order valence-corrected chi connectivity index (χ2v) is 5.33. The van der Waals surface area contributed by atoms with E-state index in [-0.39, 0.29) is 0 Å². The average molecular weight is 197 g/mol. The Bertz CT molecular complexity index is 157. The molecule has 0 heterocycles. The lowest BCUT2D eigenvalue weighted by Gasteiger charge is -2.16. The third kappa shape index (κ3) is 2.98. The minimum absolute atomic E-state index is 0.650. The molecule has 1 saturated carbocycles. The quantitative estimate of drug-likeness (QED) is 0.657. The standard InChI is InChI=1S/C13H27N/c1-5-7-13(8-6-2)9-12(13)10-14-11(3)4/h11-12,14H,5-10H2,1-4H3. The summed E-state index contributed by atoms with van der Waals surface area (Å²) < 4.78 is 0. The highest BCUT2D eigenvalue weighted by molar-refractivity contribution is 5.02. The van der Waals surface area contributed by atoms with E-state index < -0.39 is 0 Å². The summed E-state index contributed by atoms with van der Waals surface area (Å²) in [5.74, 6) is 0.977. The van der Waals surface area contributed by atoms with Crippen LogP contribution in [0.25, 0.3) is 0 Å². The van der Waals surface area contributed by atoms with E-state index in [4.69, 9.17) is 0 Å². The Balaban J connectivity index is 2.29. The van der Waals surface area contributed by atoms with Gasteiger partial charge in [-0.25, -0.2) is 0 Å². The first kappa shape index (κ1) is 12.0. The van der Waals surface area contributed by atoms with Gasteiger partial charge in [0.15, 0.2) is 0 Å². The lowest BCUT2D eigenvalue weighted by Crippen LogP contribution is -2.26. The number of rotatable bonds is 7. The number of nitrogens with one attached hydrogen (secondary N) is 1. The molecule has 1 aliphatic carbocycles. The van der Waals surface area contributed by atoms with E-state index in [1.807, 2.05) is 0 Å². The van der Waals surface area contributed by atoms with Gasteiger partial charge in [-0.3, -0.25) is 0 Å². The van der Waals surface area contributed by atoms with E-state index in [0.717, 1.165) is 11.3 Å². The van der Waals surface area contributed by atoms with Crippen LogP contribution in [0.15, 0.2) is 0 Å². The largest absolute Gasteiger partial charge is 0.314 e. The first-order valence-corrected chi connectivity index (χ1v) is 6.38. The van der Waals surface area contributed by atoms with E-state index in [1.165, 1.54) is 38.6 Å². The maximum atomic E-state index is 3.58. The van der Waals surface area contributed by atoms with Gasteiger partial charge >= 0.3 is 0 Å². The minimum Gasteiger partial charge on any atom is -0.314 e. The highest BCUT2D eigenvalue weighted by atomic mass is 14.9. The maximum Gasteiger partial charge on any atom is 0.00104 e. The van der Waals surface area contributed by atoms with Crippen LogP contribution in [0.3, 0.4) is 0 Å². The van der Waals surface area contributed by atoms with Crippen molar-refractivity contribution in [1.29, 1.82) is 0 Å². The molecule has 1 nitrogen and oxygen atoms in total. The van der Waals surface area contributed by atoms with Gasteiger partial charge in [0.2, 0.25) is 0 Å². The summed E-state index contributed by atoms with van der Waals surface area (Å²) in [6.07, 6.45) is 7.10. The monoisotopic (exact) mass is 197 g/mol. The minimum atomic E-state index is 0.650. The Labute approximate surface area is 89.7 Å². The molecule has 84 valence electrons. The lowest BCUT2D eigenvalue weighted by molar-refractivity contribution is 0.365. The van der Waals surface area contributed by atoms with Crippen LogP contribution < -0.4 is 5.32 Å². The normalized spacial score (nSPS) is 24.2. The maximum absolute atomic E-state index is 3.58. The van der Waals surface area contributed by atoms with E-state index in [2.05, 4.69) is 33.0 Å². The van der Waals surface area contributed by atoms with Crippen molar-refractivity contribution in [3.8, 4) is 0 Å². The molecule has 1 rings (SSSR count). The molecule has 0 aliphatic heterocycles. The summed E-state index contributed by atoms with van der Waals surface area (Å²) in [6.45, 7) is 10.4. The van der Waals surface area contributed by atoms with E-state index in [0.29, 0.717) is 6.04 Å².